The van der Waals surface area contributed by atoms with Crippen LogP contribution in [0.15, 0.2) is 70.2 Å². The van der Waals surface area contributed by atoms with Gasteiger partial charge in [-0.05, 0) is 64.5 Å². The fourth-order valence-electron chi connectivity index (χ4n) is 2.60. The van der Waals surface area contributed by atoms with E-state index in [1.165, 1.54) is 32.5 Å². The number of aromatic nitrogens is 1. The number of hydrogen-bond donors (Lipinski definition) is 2. The van der Waals surface area contributed by atoms with Crippen molar-refractivity contribution in [3.05, 3.63) is 71.0 Å². The lowest BCUT2D eigenvalue weighted by atomic mass is 10.2. The van der Waals surface area contributed by atoms with Crippen LogP contribution in [0.25, 0.3) is 0 Å². The number of methoxy groups -OCH3 is 2. The van der Waals surface area contributed by atoms with Crippen LogP contribution in [-0.2, 0) is 10.0 Å². The van der Waals surface area contributed by atoms with Crippen molar-refractivity contribution >= 4 is 43.2 Å². The average molecular weight is 492 g/mol. The van der Waals surface area contributed by atoms with Crippen molar-refractivity contribution < 1.29 is 22.7 Å². The van der Waals surface area contributed by atoms with Crippen molar-refractivity contribution in [2.24, 2.45) is 0 Å². The van der Waals surface area contributed by atoms with Gasteiger partial charge >= 0.3 is 0 Å². The molecule has 156 valence electrons. The topological polar surface area (TPSA) is 107 Å². The average Bonchev–Trinajstić information content (AvgIpc) is 2.74. The molecule has 2 N–H and O–H groups in total. The third kappa shape index (κ3) is 4.89. The van der Waals surface area contributed by atoms with Crippen molar-refractivity contribution in [3.63, 3.8) is 0 Å². The minimum absolute atomic E-state index is 0.129. The molecule has 0 aliphatic carbocycles. The van der Waals surface area contributed by atoms with Crippen molar-refractivity contribution in [2.45, 2.75) is 4.90 Å². The van der Waals surface area contributed by atoms with E-state index in [0.29, 0.717) is 15.9 Å². The number of sulfonamides is 1. The van der Waals surface area contributed by atoms with E-state index in [1.54, 1.807) is 42.5 Å². The third-order valence-electron chi connectivity index (χ3n) is 4.01. The Morgan fingerprint density at radius 2 is 1.67 bits per heavy atom. The maximum atomic E-state index is 13.0. The molecule has 10 heteroatoms. The van der Waals surface area contributed by atoms with Gasteiger partial charge in [0, 0.05) is 11.9 Å². The highest BCUT2D eigenvalue weighted by Crippen LogP contribution is 2.32. The molecule has 2 aromatic carbocycles. The van der Waals surface area contributed by atoms with Crippen LogP contribution in [0.2, 0.25) is 0 Å². The number of halogens is 1. The van der Waals surface area contributed by atoms with Crippen LogP contribution in [0.5, 0.6) is 11.5 Å². The number of pyridine rings is 1. The van der Waals surface area contributed by atoms with Crippen molar-refractivity contribution in [2.75, 3.05) is 24.3 Å². The summed E-state index contributed by atoms with van der Waals surface area (Å²) in [5.74, 6) is 0.233. The Morgan fingerprint density at radius 3 is 2.30 bits per heavy atom. The Labute approximate surface area is 182 Å². The van der Waals surface area contributed by atoms with Gasteiger partial charge in [0.25, 0.3) is 15.9 Å². The van der Waals surface area contributed by atoms with Gasteiger partial charge in [-0.25, -0.2) is 8.42 Å². The SMILES string of the molecule is COc1ccc(NS(=O)(=O)c2cc(NC(=O)c3ccccn3)ccc2OC)cc1Br. The zero-order valence-electron chi connectivity index (χ0n) is 16.0. The third-order valence-corrected chi connectivity index (χ3v) is 6.03. The summed E-state index contributed by atoms with van der Waals surface area (Å²) in [6, 6.07) is 14.0. The van der Waals surface area contributed by atoms with E-state index in [-0.39, 0.29) is 22.0 Å². The van der Waals surface area contributed by atoms with E-state index in [1.807, 2.05) is 0 Å². The monoisotopic (exact) mass is 491 g/mol. The molecule has 0 fully saturated rings. The summed E-state index contributed by atoms with van der Waals surface area (Å²) in [7, 11) is -1.14. The number of amides is 1. The van der Waals surface area contributed by atoms with Gasteiger partial charge in [0.15, 0.2) is 0 Å². The van der Waals surface area contributed by atoms with Gasteiger partial charge in [0.2, 0.25) is 0 Å². The molecule has 0 saturated carbocycles. The van der Waals surface area contributed by atoms with E-state index in [0.717, 1.165) is 0 Å². The van der Waals surface area contributed by atoms with Gasteiger partial charge in [-0.2, -0.15) is 0 Å². The van der Waals surface area contributed by atoms with Gasteiger partial charge in [0.1, 0.15) is 22.1 Å². The smallest absolute Gasteiger partial charge is 0.274 e. The molecular formula is C20H18BrN3O5S. The summed E-state index contributed by atoms with van der Waals surface area (Å²) in [6.07, 6.45) is 1.50. The normalized spacial score (nSPS) is 10.9. The molecule has 0 unspecified atom stereocenters. The fourth-order valence-corrected chi connectivity index (χ4v) is 4.38. The lowest BCUT2D eigenvalue weighted by Gasteiger charge is -2.14. The maximum Gasteiger partial charge on any atom is 0.274 e. The first-order valence-electron chi connectivity index (χ1n) is 8.61. The second-order valence-corrected chi connectivity index (χ2v) is 8.49. The summed E-state index contributed by atoms with van der Waals surface area (Å²) in [5.41, 5.74) is 0.814. The number of rotatable bonds is 7. The van der Waals surface area contributed by atoms with Crippen LogP contribution in [0.3, 0.4) is 0 Å². The predicted octanol–water partition coefficient (Wildman–Crippen LogP) is 3.91. The van der Waals surface area contributed by atoms with Crippen LogP contribution in [0.4, 0.5) is 11.4 Å². The number of ether oxygens (including phenoxy) is 2. The van der Waals surface area contributed by atoms with Gasteiger partial charge < -0.3 is 14.8 Å². The number of nitrogens with zero attached hydrogens (tertiary/aromatic N) is 1. The largest absolute Gasteiger partial charge is 0.496 e. The molecule has 0 bridgehead atoms. The molecule has 8 nitrogen and oxygen atoms in total. The Kier molecular flexibility index (Phi) is 6.58. The molecule has 0 radical (unpaired) electrons. The van der Waals surface area contributed by atoms with Gasteiger partial charge in [-0.3, -0.25) is 14.5 Å². The summed E-state index contributed by atoms with van der Waals surface area (Å²) in [4.78, 5) is 16.2. The predicted molar refractivity (Wildman–Crippen MR) is 117 cm³/mol. The first-order chi connectivity index (χ1) is 14.3. The molecule has 1 heterocycles. The molecule has 1 aromatic heterocycles. The minimum atomic E-state index is -4.02. The van der Waals surface area contributed by atoms with E-state index >= 15 is 0 Å². The van der Waals surface area contributed by atoms with Gasteiger partial charge in [-0.15, -0.1) is 0 Å². The molecule has 30 heavy (non-hydrogen) atoms. The van der Waals surface area contributed by atoms with Crippen molar-refractivity contribution in [1.82, 2.24) is 4.98 Å². The number of anilines is 2. The van der Waals surface area contributed by atoms with Gasteiger partial charge in [-0.1, -0.05) is 6.07 Å². The molecule has 0 spiro atoms. The number of carbonyl (C=O) groups is 1. The molecule has 0 aliphatic heterocycles. The zero-order chi connectivity index (χ0) is 21.7. The van der Waals surface area contributed by atoms with E-state index < -0.39 is 15.9 Å². The van der Waals surface area contributed by atoms with E-state index in [9.17, 15) is 13.2 Å². The second kappa shape index (κ2) is 9.14. The molecule has 0 aliphatic rings. The Morgan fingerprint density at radius 1 is 0.967 bits per heavy atom. The summed E-state index contributed by atoms with van der Waals surface area (Å²) in [6.45, 7) is 0. The Balaban J connectivity index is 1.90. The number of carbonyl (C=O) groups excluding carboxylic acids is 1. The number of nitrogens with one attached hydrogen (secondary N) is 2. The van der Waals surface area contributed by atoms with E-state index in [4.69, 9.17) is 9.47 Å². The number of hydrogen-bond acceptors (Lipinski definition) is 6. The van der Waals surface area contributed by atoms with Crippen molar-refractivity contribution in [1.29, 1.82) is 0 Å². The minimum Gasteiger partial charge on any atom is -0.496 e. The van der Waals surface area contributed by atoms with Crippen LogP contribution in [0, 0.1) is 0 Å². The quantitative estimate of drug-likeness (QED) is 0.518. The Bertz CT molecular complexity index is 1170. The second-order valence-electron chi connectivity index (χ2n) is 5.99. The molecular weight excluding hydrogens is 474 g/mol. The highest BCUT2D eigenvalue weighted by molar-refractivity contribution is 9.10. The molecule has 0 saturated heterocycles. The highest BCUT2D eigenvalue weighted by Gasteiger charge is 2.21. The number of benzene rings is 2. The van der Waals surface area contributed by atoms with Crippen LogP contribution in [0.1, 0.15) is 10.5 Å². The lowest BCUT2D eigenvalue weighted by molar-refractivity contribution is 0.102. The van der Waals surface area contributed by atoms with Crippen molar-refractivity contribution in [3.8, 4) is 11.5 Å². The summed E-state index contributed by atoms with van der Waals surface area (Å²) >= 11 is 3.32. The van der Waals surface area contributed by atoms with Crippen LogP contribution < -0.4 is 19.5 Å². The molecule has 3 rings (SSSR count). The fraction of sp³-hybridized carbons (Fsp3) is 0.100. The lowest BCUT2D eigenvalue weighted by Crippen LogP contribution is -2.16. The zero-order valence-corrected chi connectivity index (χ0v) is 18.5. The molecule has 1 amide bonds. The standard InChI is InChI=1S/C20H18BrN3O5S/c1-28-17-8-7-14(11-15(17)21)24-30(26,27)19-12-13(6-9-18(19)29-2)23-20(25)16-5-3-4-10-22-16/h3-12,24H,1-2H3,(H,23,25). The van der Waals surface area contributed by atoms with Gasteiger partial charge in [0.05, 0.1) is 24.4 Å². The summed E-state index contributed by atoms with van der Waals surface area (Å²) in [5, 5.41) is 2.64. The first-order valence-corrected chi connectivity index (χ1v) is 10.9. The highest BCUT2D eigenvalue weighted by atomic mass is 79.9. The summed E-state index contributed by atoms with van der Waals surface area (Å²) < 4.78 is 39.4. The van der Waals surface area contributed by atoms with Crippen LogP contribution in [-0.4, -0.2) is 33.5 Å². The van der Waals surface area contributed by atoms with Crippen LogP contribution >= 0.6 is 15.9 Å². The van der Waals surface area contributed by atoms with E-state index in [2.05, 4.69) is 31.0 Å². The molecule has 3 aromatic rings. The maximum absolute atomic E-state index is 13.0. The first kappa shape index (κ1) is 21.6. The molecule has 0 atom stereocenters. The Hall–Kier alpha value is -3.11.